The number of halogens is 1. The topological polar surface area (TPSA) is 111 Å². The maximum atomic E-state index is 14.1. The molecule has 0 saturated heterocycles. The molecule has 2 amide bonds. The van der Waals surface area contributed by atoms with Crippen LogP contribution in [0.3, 0.4) is 0 Å². The van der Waals surface area contributed by atoms with Gasteiger partial charge in [0.1, 0.15) is 29.6 Å². The Hall–Kier alpha value is -4.96. The van der Waals surface area contributed by atoms with E-state index in [4.69, 9.17) is 21.1 Å². The van der Waals surface area contributed by atoms with Gasteiger partial charge in [-0.05, 0) is 53.6 Å². The van der Waals surface area contributed by atoms with E-state index in [0.717, 1.165) is 5.56 Å². The lowest BCUT2D eigenvalue weighted by Gasteiger charge is -2.31. The summed E-state index contributed by atoms with van der Waals surface area (Å²) >= 11 is 6.18. The van der Waals surface area contributed by atoms with E-state index < -0.39 is 11.9 Å². The molecular formula is C30H27ClN6O4. The number of hydrogen-bond acceptors (Lipinski definition) is 7. The predicted molar refractivity (Wildman–Crippen MR) is 155 cm³/mol. The molecule has 10 nitrogen and oxygen atoms in total. The van der Waals surface area contributed by atoms with Gasteiger partial charge >= 0.3 is 0 Å². The van der Waals surface area contributed by atoms with Gasteiger partial charge in [-0.25, -0.2) is 4.68 Å². The highest BCUT2D eigenvalue weighted by molar-refractivity contribution is 6.30. The first kappa shape index (κ1) is 27.6. The van der Waals surface area contributed by atoms with Crippen LogP contribution in [0.15, 0.2) is 91.3 Å². The molecule has 0 radical (unpaired) electrons. The first-order valence-electron chi connectivity index (χ1n) is 12.7. The lowest BCUT2D eigenvalue weighted by molar-refractivity contribution is -0.140. The molecule has 11 heteroatoms. The summed E-state index contributed by atoms with van der Waals surface area (Å²) in [6.07, 6.45) is 3.31. The summed E-state index contributed by atoms with van der Waals surface area (Å²) in [7, 11) is 3.05. The Kier molecular flexibility index (Phi) is 8.40. The summed E-state index contributed by atoms with van der Waals surface area (Å²) in [5.41, 5.74) is 3.11. The number of carbonyl (C=O) groups excluding carboxylic acids is 2. The number of aromatic nitrogens is 4. The van der Waals surface area contributed by atoms with Gasteiger partial charge in [0, 0.05) is 30.0 Å². The standard InChI is InChI=1S/C30H27ClN6O4/c1-40-23-13-14-25(27(16-23)41-2)33-30(39)29(21-9-11-22(31)12-10-21)36(18-20-6-5-15-32-17-20)28(38)19-37-26-8-4-3-7-24(26)34-35-37/h3-17,29H,18-19H2,1-2H3,(H,33,39). The first-order valence-corrected chi connectivity index (χ1v) is 13.1. The molecule has 0 bridgehead atoms. The normalized spacial score (nSPS) is 11.6. The van der Waals surface area contributed by atoms with E-state index in [9.17, 15) is 9.59 Å². The fourth-order valence-electron chi connectivity index (χ4n) is 4.49. The fourth-order valence-corrected chi connectivity index (χ4v) is 4.61. The summed E-state index contributed by atoms with van der Waals surface area (Å²) in [6, 6.07) is 21.8. The molecule has 5 aromatic rings. The number of anilines is 1. The molecule has 0 aliphatic heterocycles. The van der Waals surface area contributed by atoms with Crippen molar-refractivity contribution in [1.29, 1.82) is 0 Å². The van der Waals surface area contributed by atoms with Crippen molar-refractivity contribution in [2.24, 2.45) is 0 Å². The van der Waals surface area contributed by atoms with Gasteiger partial charge < -0.3 is 19.7 Å². The third-order valence-electron chi connectivity index (χ3n) is 6.51. The van der Waals surface area contributed by atoms with Crippen LogP contribution >= 0.6 is 11.6 Å². The van der Waals surface area contributed by atoms with Gasteiger partial charge in [0.25, 0.3) is 5.91 Å². The van der Waals surface area contributed by atoms with Crippen LogP contribution < -0.4 is 14.8 Å². The Morgan fingerprint density at radius 1 is 1.00 bits per heavy atom. The van der Waals surface area contributed by atoms with Gasteiger partial charge in [-0.15, -0.1) is 5.10 Å². The van der Waals surface area contributed by atoms with Crippen LogP contribution in [0.25, 0.3) is 11.0 Å². The van der Waals surface area contributed by atoms with Crippen molar-refractivity contribution in [3.8, 4) is 11.5 Å². The van der Waals surface area contributed by atoms with Crippen molar-refractivity contribution in [2.75, 3.05) is 19.5 Å². The van der Waals surface area contributed by atoms with Crippen LogP contribution in [0.5, 0.6) is 11.5 Å². The molecule has 3 aromatic carbocycles. The molecule has 2 aromatic heterocycles. The molecular weight excluding hydrogens is 544 g/mol. The molecule has 41 heavy (non-hydrogen) atoms. The second-order valence-electron chi connectivity index (χ2n) is 9.13. The molecule has 0 saturated carbocycles. The van der Waals surface area contributed by atoms with E-state index in [1.807, 2.05) is 30.3 Å². The number of pyridine rings is 1. The molecule has 5 rings (SSSR count). The Morgan fingerprint density at radius 2 is 1.80 bits per heavy atom. The van der Waals surface area contributed by atoms with Crippen LogP contribution in [0.4, 0.5) is 5.69 Å². The zero-order valence-corrected chi connectivity index (χ0v) is 23.2. The Balaban J connectivity index is 1.55. The highest BCUT2D eigenvalue weighted by Gasteiger charge is 2.33. The number of methoxy groups -OCH3 is 2. The minimum Gasteiger partial charge on any atom is -0.497 e. The quantitative estimate of drug-likeness (QED) is 0.254. The van der Waals surface area contributed by atoms with Gasteiger partial charge in [0.15, 0.2) is 0 Å². The minimum atomic E-state index is -1.04. The number of amides is 2. The smallest absolute Gasteiger partial charge is 0.251 e. The Morgan fingerprint density at radius 3 is 2.54 bits per heavy atom. The van der Waals surface area contributed by atoms with Crippen molar-refractivity contribution < 1.29 is 19.1 Å². The monoisotopic (exact) mass is 570 g/mol. The van der Waals surface area contributed by atoms with Gasteiger partial charge in [0.05, 0.1) is 25.4 Å². The number of hydrogen-bond donors (Lipinski definition) is 1. The molecule has 2 heterocycles. The Labute approximate surface area is 241 Å². The second kappa shape index (κ2) is 12.5. The first-order chi connectivity index (χ1) is 20.0. The molecule has 0 aliphatic carbocycles. The zero-order valence-electron chi connectivity index (χ0n) is 22.4. The van der Waals surface area contributed by atoms with Gasteiger partial charge in [-0.3, -0.25) is 14.6 Å². The van der Waals surface area contributed by atoms with Gasteiger partial charge in [-0.1, -0.05) is 47.1 Å². The van der Waals surface area contributed by atoms with Gasteiger partial charge in [0.2, 0.25) is 5.91 Å². The number of benzene rings is 3. The van der Waals surface area contributed by atoms with Crippen LogP contribution in [0.1, 0.15) is 17.2 Å². The number of ether oxygens (including phenoxy) is 2. The number of rotatable bonds is 10. The summed E-state index contributed by atoms with van der Waals surface area (Å²) in [5.74, 6) is 0.187. The lowest BCUT2D eigenvalue weighted by atomic mass is 10.0. The number of para-hydroxylation sites is 1. The van der Waals surface area contributed by atoms with E-state index in [1.165, 1.54) is 16.7 Å². The van der Waals surface area contributed by atoms with E-state index in [1.54, 1.807) is 68.0 Å². The highest BCUT2D eigenvalue weighted by atomic mass is 35.5. The van der Waals surface area contributed by atoms with E-state index in [-0.39, 0.29) is 19.0 Å². The minimum absolute atomic E-state index is 0.111. The van der Waals surface area contributed by atoms with E-state index in [2.05, 4.69) is 20.6 Å². The molecule has 1 unspecified atom stereocenters. The number of nitrogens with one attached hydrogen (secondary N) is 1. The maximum absolute atomic E-state index is 14.1. The second-order valence-corrected chi connectivity index (χ2v) is 9.56. The van der Waals surface area contributed by atoms with Crippen LogP contribution in [-0.4, -0.2) is 50.9 Å². The molecule has 1 N–H and O–H groups in total. The van der Waals surface area contributed by atoms with Crippen LogP contribution in [-0.2, 0) is 22.7 Å². The van der Waals surface area contributed by atoms with Crippen LogP contribution in [0.2, 0.25) is 5.02 Å². The molecule has 0 fully saturated rings. The van der Waals surface area contributed by atoms with E-state index in [0.29, 0.717) is 38.8 Å². The molecule has 208 valence electrons. The van der Waals surface area contributed by atoms with Gasteiger partial charge in [-0.2, -0.15) is 0 Å². The summed E-state index contributed by atoms with van der Waals surface area (Å²) < 4.78 is 12.3. The van der Waals surface area contributed by atoms with Crippen molar-refractivity contribution in [3.63, 3.8) is 0 Å². The Bertz CT molecular complexity index is 1660. The lowest BCUT2D eigenvalue weighted by Crippen LogP contribution is -2.42. The highest BCUT2D eigenvalue weighted by Crippen LogP contribution is 2.32. The number of carbonyl (C=O) groups is 2. The average molecular weight is 571 g/mol. The average Bonchev–Trinajstić information content (AvgIpc) is 3.41. The van der Waals surface area contributed by atoms with Crippen LogP contribution in [0, 0.1) is 0 Å². The van der Waals surface area contributed by atoms with Crippen molar-refractivity contribution >= 4 is 40.1 Å². The predicted octanol–water partition coefficient (Wildman–Crippen LogP) is 4.91. The zero-order chi connectivity index (χ0) is 28.8. The molecule has 1 atom stereocenters. The summed E-state index contributed by atoms with van der Waals surface area (Å²) in [4.78, 5) is 33.9. The molecule has 0 aliphatic rings. The summed E-state index contributed by atoms with van der Waals surface area (Å²) in [6.45, 7) is -0.0240. The summed E-state index contributed by atoms with van der Waals surface area (Å²) in [5, 5.41) is 11.8. The third-order valence-corrected chi connectivity index (χ3v) is 6.77. The van der Waals surface area contributed by atoms with Crippen molar-refractivity contribution in [1.82, 2.24) is 24.9 Å². The van der Waals surface area contributed by atoms with E-state index >= 15 is 0 Å². The SMILES string of the molecule is COc1ccc(NC(=O)C(c2ccc(Cl)cc2)N(Cc2cccnc2)C(=O)Cn2nnc3ccccc32)c(OC)c1. The maximum Gasteiger partial charge on any atom is 0.251 e. The fraction of sp³-hybridized carbons (Fsp3) is 0.167. The third kappa shape index (κ3) is 6.28. The van der Waals surface area contributed by atoms with Crippen molar-refractivity contribution in [2.45, 2.75) is 19.1 Å². The van der Waals surface area contributed by atoms with Crippen molar-refractivity contribution in [3.05, 3.63) is 107 Å². The number of fused-ring (bicyclic) bond motifs is 1. The molecule has 0 spiro atoms. The largest absolute Gasteiger partial charge is 0.497 e. The number of nitrogens with zero attached hydrogens (tertiary/aromatic N) is 5.